The SMILES string of the molecule is C[C@@H](O)CNCCOC1CCCC1. The lowest BCUT2D eigenvalue weighted by molar-refractivity contribution is 0.0589. The molecule has 1 aliphatic rings. The van der Waals surface area contributed by atoms with Crippen molar-refractivity contribution >= 4 is 0 Å². The van der Waals surface area contributed by atoms with E-state index in [1.807, 2.05) is 0 Å². The highest BCUT2D eigenvalue weighted by Gasteiger charge is 2.14. The summed E-state index contributed by atoms with van der Waals surface area (Å²) in [6.45, 7) is 4.07. The lowest BCUT2D eigenvalue weighted by atomic mass is 10.3. The van der Waals surface area contributed by atoms with E-state index < -0.39 is 0 Å². The molecule has 2 N–H and O–H groups in total. The van der Waals surface area contributed by atoms with Gasteiger partial charge in [-0.25, -0.2) is 0 Å². The Morgan fingerprint density at radius 1 is 1.46 bits per heavy atom. The molecule has 0 aromatic rings. The molecule has 78 valence electrons. The zero-order chi connectivity index (χ0) is 9.52. The first-order valence-electron chi connectivity index (χ1n) is 5.29. The van der Waals surface area contributed by atoms with Gasteiger partial charge in [-0.15, -0.1) is 0 Å². The summed E-state index contributed by atoms with van der Waals surface area (Å²) in [6.07, 6.45) is 5.37. The number of nitrogens with one attached hydrogen (secondary N) is 1. The largest absolute Gasteiger partial charge is 0.392 e. The average Bonchev–Trinajstić information content (AvgIpc) is 2.55. The monoisotopic (exact) mass is 187 g/mol. The molecule has 0 unspecified atom stereocenters. The van der Waals surface area contributed by atoms with Gasteiger partial charge in [-0.3, -0.25) is 0 Å². The smallest absolute Gasteiger partial charge is 0.0636 e. The summed E-state index contributed by atoms with van der Waals surface area (Å²) >= 11 is 0. The van der Waals surface area contributed by atoms with Crippen molar-refractivity contribution in [3.05, 3.63) is 0 Å². The Morgan fingerprint density at radius 3 is 2.77 bits per heavy atom. The van der Waals surface area contributed by atoms with Crippen molar-refractivity contribution in [3.63, 3.8) is 0 Å². The average molecular weight is 187 g/mol. The van der Waals surface area contributed by atoms with E-state index in [0.717, 1.165) is 13.2 Å². The van der Waals surface area contributed by atoms with Crippen LogP contribution in [0.4, 0.5) is 0 Å². The van der Waals surface area contributed by atoms with Gasteiger partial charge in [0.2, 0.25) is 0 Å². The fourth-order valence-electron chi connectivity index (χ4n) is 1.66. The van der Waals surface area contributed by atoms with Crippen LogP contribution >= 0.6 is 0 Å². The second-order valence-electron chi connectivity index (χ2n) is 3.83. The molecule has 1 aliphatic carbocycles. The Kier molecular flexibility index (Phi) is 5.35. The topological polar surface area (TPSA) is 41.5 Å². The molecule has 0 aromatic carbocycles. The minimum absolute atomic E-state index is 0.258. The maximum atomic E-state index is 8.96. The Morgan fingerprint density at radius 2 is 2.15 bits per heavy atom. The van der Waals surface area contributed by atoms with Crippen molar-refractivity contribution in [2.75, 3.05) is 19.7 Å². The summed E-state index contributed by atoms with van der Waals surface area (Å²) in [7, 11) is 0. The van der Waals surface area contributed by atoms with Crippen molar-refractivity contribution in [1.29, 1.82) is 0 Å². The summed E-state index contributed by atoms with van der Waals surface area (Å²) in [5.74, 6) is 0. The third-order valence-electron chi connectivity index (χ3n) is 2.37. The van der Waals surface area contributed by atoms with Gasteiger partial charge in [-0.2, -0.15) is 0 Å². The third kappa shape index (κ3) is 5.24. The van der Waals surface area contributed by atoms with Crippen molar-refractivity contribution in [1.82, 2.24) is 5.32 Å². The van der Waals surface area contributed by atoms with Crippen LogP contribution in [0.3, 0.4) is 0 Å². The van der Waals surface area contributed by atoms with Gasteiger partial charge in [0.25, 0.3) is 0 Å². The second-order valence-corrected chi connectivity index (χ2v) is 3.83. The van der Waals surface area contributed by atoms with Gasteiger partial charge in [0.05, 0.1) is 18.8 Å². The first-order valence-corrected chi connectivity index (χ1v) is 5.29. The number of hydrogen-bond acceptors (Lipinski definition) is 3. The van der Waals surface area contributed by atoms with Crippen LogP contribution in [0.5, 0.6) is 0 Å². The van der Waals surface area contributed by atoms with Gasteiger partial charge in [-0.1, -0.05) is 12.8 Å². The van der Waals surface area contributed by atoms with Gasteiger partial charge in [0, 0.05) is 13.1 Å². The molecule has 0 heterocycles. The van der Waals surface area contributed by atoms with Crippen molar-refractivity contribution in [3.8, 4) is 0 Å². The first kappa shape index (κ1) is 11.0. The van der Waals surface area contributed by atoms with Crippen LogP contribution < -0.4 is 5.32 Å². The number of hydrogen-bond donors (Lipinski definition) is 2. The van der Waals surface area contributed by atoms with Crippen LogP contribution in [-0.4, -0.2) is 37.0 Å². The Balaban J connectivity index is 1.83. The molecular weight excluding hydrogens is 166 g/mol. The summed E-state index contributed by atoms with van der Waals surface area (Å²) in [5, 5.41) is 12.1. The highest BCUT2D eigenvalue weighted by Crippen LogP contribution is 2.20. The van der Waals surface area contributed by atoms with Gasteiger partial charge >= 0.3 is 0 Å². The standard InChI is InChI=1S/C10H21NO2/c1-9(12)8-11-6-7-13-10-4-2-3-5-10/h9-12H,2-8H2,1H3/t9-/m1/s1. The molecule has 0 saturated heterocycles. The molecule has 1 rings (SSSR count). The minimum Gasteiger partial charge on any atom is -0.392 e. The van der Waals surface area contributed by atoms with E-state index in [1.165, 1.54) is 25.7 Å². The van der Waals surface area contributed by atoms with Crippen LogP contribution in [0.25, 0.3) is 0 Å². The number of rotatable bonds is 6. The molecule has 3 heteroatoms. The molecule has 0 radical (unpaired) electrons. The predicted octanol–water partition coefficient (Wildman–Crippen LogP) is 0.916. The maximum absolute atomic E-state index is 8.96. The highest BCUT2D eigenvalue weighted by molar-refractivity contribution is 4.66. The Labute approximate surface area is 80.5 Å². The lowest BCUT2D eigenvalue weighted by Crippen LogP contribution is -2.28. The molecule has 0 amide bonds. The number of aliphatic hydroxyl groups is 1. The van der Waals surface area contributed by atoms with Crippen LogP contribution in [0, 0.1) is 0 Å². The first-order chi connectivity index (χ1) is 6.29. The molecular formula is C10H21NO2. The maximum Gasteiger partial charge on any atom is 0.0636 e. The van der Waals surface area contributed by atoms with E-state index in [1.54, 1.807) is 6.92 Å². The van der Waals surface area contributed by atoms with E-state index in [9.17, 15) is 0 Å². The van der Waals surface area contributed by atoms with E-state index in [-0.39, 0.29) is 6.10 Å². The van der Waals surface area contributed by atoms with Gasteiger partial charge in [0.1, 0.15) is 0 Å². The van der Waals surface area contributed by atoms with Gasteiger partial charge in [-0.05, 0) is 19.8 Å². The molecule has 0 bridgehead atoms. The molecule has 0 aliphatic heterocycles. The summed E-state index contributed by atoms with van der Waals surface area (Å²) in [6, 6.07) is 0. The molecule has 1 saturated carbocycles. The Bertz CT molecular complexity index is 122. The van der Waals surface area contributed by atoms with Crippen LogP contribution in [0.2, 0.25) is 0 Å². The zero-order valence-corrected chi connectivity index (χ0v) is 8.46. The van der Waals surface area contributed by atoms with Crippen LogP contribution in [0.1, 0.15) is 32.6 Å². The fourth-order valence-corrected chi connectivity index (χ4v) is 1.66. The van der Waals surface area contributed by atoms with E-state index in [2.05, 4.69) is 5.32 Å². The zero-order valence-electron chi connectivity index (χ0n) is 8.46. The van der Waals surface area contributed by atoms with Crippen LogP contribution in [-0.2, 0) is 4.74 Å². The summed E-state index contributed by atoms with van der Waals surface area (Å²) in [4.78, 5) is 0. The van der Waals surface area contributed by atoms with Crippen molar-refractivity contribution in [2.45, 2.75) is 44.8 Å². The van der Waals surface area contributed by atoms with Crippen molar-refractivity contribution in [2.24, 2.45) is 0 Å². The number of aliphatic hydroxyl groups excluding tert-OH is 1. The quantitative estimate of drug-likeness (QED) is 0.607. The molecule has 1 fully saturated rings. The van der Waals surface area contributed by atoms with E-state index >= 15 is 0 Å². The van der Waals surface area contributed by atoms with E-state index in [4.69, 9.17) is 9.84 Å². The van der Waals surface area contributed by atoms with Gasteiger partial charge in [0.15, 0.2) is 0 Å². The molecule has 0 aromatic heterocycles. The highest BCUT2D eigenvalue weighted by atomic mass is 16.5. The normalized spacial score (nSPS) is 20.8. The van der Waals surface area contributed by atoms with Crippen LogP contribution in [0.15, 0.2) is 0 Å². The summed E-state index contributed by atoms with van der Waals surface area (Å²) in [5.41, 5.74) is 0. The number of ether oxygens (including phenoxy) is 1. The van der Waals surface area contributed by atoms with E-state index in [0.29, 0.717) is 12.6 Å². The summed E-state index contributed by atoms with van der Waals surface area (Å²) < 4.78 is 5.64. The molecule has 1 atom stereocenters. The van der Waals surface area contributed by atoms with Gasteiger partial charge < -0.3 is 15.2 Å². The minimum atomic E-state index is -0.258. The molecule has 3 nitrogen and oxygen atoms in total. The van der Waals surface area contributed by atoms with Crippen molar-refractivity contribution < 1.29 is 9.84 Å². The lowest BCUT2D eigenvalue weighted by Gasteiger charge is -2.11. The Hall–Kier alpha value is -0.120. The molecule has 13 heavy (non-hydrogen) atoms. The third-order valence-corrected chi connectivity index (χ3v) is 2.37. The predicted molar refractivity (Wildman–Crippen MR) is 52.8 cm³/mol. The second kappa shape index (κ2) is 6.35. The fraction of sp³-hybridized carbons (Fsp3) is 1.00. The molecule has 0 spiro atoms.